The Hall–Kier alpha value is -1.97. The first-order valence-electron chi connectivity index (χ1n) is 5.13. The van der Waals surface area contributed by atoms with Crippen molar-refractivity contribution in [3.8, 4) is 0 Å². The maximum atomic E-state index is 4.15. The Kier molecular flexibility index (Phi) is 2.81. The Labute approximate surface area is 94.7 Å². The molecule has 0 atom stereocenters. The van der Waals surface area contributed by atoms with Gasteiger partial charge in [-0.2, -0.15) is 0 Å². The van der Waals surface area contributed by atoms with Gasteiger partial charge in [-0.3, -0.25) is 0 Å². The molecule has 0 aliphatic rings. The maximum absolute atomic E-state index is 4.15. The maximum Gasteiger partial charge on any atom is 0.249 e. The van der Waals surface area contributed by atoms with Gasteiger partial charge >= 0.3 is 0 Å². The first-order chi connectivity index (χ1) is 7.66. The number of azo groups is 1. The van der Waals surface area contributed by atoms with Crippen LogP contribution in [0.25, 0.3) is 0 Å². The predicted molar refractivity (Wildman–Crippen MR) is 63.3 cm³/mol. The summed E-state index contributed by atoms with van der Waals surface area (Å²) in [6, 6.07) is 6.01. The SMILES string of the molecule is Cc1ccc(N=Nc2nccn2C)cc1C. The van der Waals surface area contributed by atoms with Crippen molar-refractivity contribution >= 4 is 11.6 Å². The number of aromatic nitrogens is 2. The summed E-state index contributed by atoms with van der Waals surface area (Å²) in [6.45, 7) is 4.14. The van der Waals surface area contributed by atoms with Gasteiger partial charge in [0.05, 0.1) is 5.69 Å². The first kappa shape index (κ1) is 10.5. The summed E-state index contributed by atoms with van der Waals surface area (Å²) in [5.74, 6) is 0.609. The average molecular weight is 214 g/mol. The molecule has 0 unspecified atom stereocenters. The number of benzene rings is 1. The monoisotopic (exact) mass is 214 g/mol. The molecule has 0 spiro atoms. The van der Waals surface area contributed by atoms with Crippen molar-refractivity contribution in [1.29, 1.82) is 0 Å². The van der Waals surface area contributed by atoms with Gasteiger partial charge in [0, 0.05) is 19.4 Å². The molecule has 2 aromatic rings. The summed E-state index contributed by atoms with van der Waals surface area (Å²) >= 11 is 0. The number of hydrogen-bond donors (Lipinski definition) is 0. The normalized spacial score (nSPS) is 11.2. The van der Waals surface area contributed by atoms with E-state index < -0.39 is 0 Å². The lowest BCUT2D eigenvalue weighted by Gasteiger charge is -1.99. The van der Waals surface area contributed by atoms with Crippen molar-refractivity contribution in [2.45, 2.75) is 13.8 Å². The van der Waals surface area contributed by atoms with Crippen LogP contribution in [0.3, 0.4) is 0 Å². The van der Waals surface area contributed by atoms with E-state index in [1.54, 1.807) is 6.20 Å². The number of aryl methyl sites for hydroxylation is 3. The Balaban J connectivity index is 2.24. The fourth-order valence-electron chi connectivity index (χ4n) is 1.34. The quantitative estimate of drug-likeness (QED) is 0.706. The van der Waals surface area contributed by atoms with Crippen LogP contribution in [0, 0.1) is 13.8 Å². The van der Waals surface area contributed by atoms with Gasteiger partial charge in [-0.05, 0) is 37.1 Å². The summed E-state index contributed by atoms with van der Waals surface area (Å²) < 4.78 is 1.82. The molecule has 1 aromatic carbocycles. The second-order valence-electron chi connectivity index (χ2n) is 3.81. The minimum Gasteiger partial charge on any atom is -0.317 e. The van der Waals surface area contributed by atoms with E-state index in [1.165, 1.54) is 11.1 Å². The number of hydrogen-bond acceptors (Lipinski definition) is 3. The molecule has 82 valence electrons. The summed E-state index contributed by atoms with van der Waals surface area (Å²) in [4.78, 5) is 4.07. The number of rotatable bonds is 2. The van der Waals surface area contributed by atoms with E-state index >= 15 is 0 Å². The summed E-state index contributed by atoms with van der Waals surface area (Å²) in [5, 5.41) is 8.24. The molecule has 16 heavy (non-hydrogen) atoms. The van der Waals surface area contributed by atoms with Gasteiger partial charge in [-0.15, -0.1) is 10.2 Å². The van der Waals surface area contributed by atoms with Gasteiger partial charge in [-0.1, -0.05) is 6.07 Å². The van der Waals surface area contributed by atoms with Crippen LogP contribution in [0.1, 0.15) is 11.1 Å². The zero-order valence-electron chi connectivity index (χ0n) is 9.68. The van der Waals surface area contributed by atoms with Crippen molar-refractivity contribution < 1.29 is 0 Å². The second kappa shape index (κ2) is 4.26. The van der Waals surface area contributed by atoms with E-state index in [0.29, 0.717) is 5.95 Å². The molecule has 0 bridgehead atoms. The fraction of sp³-hybridized carbons (Fsp3) is 0.250. The molecule has 2 rings (SSSR count). The van der Waals surface area contributed by atoms with Crippen LogP contribution in [0.2, 0.25) is 0 Å². The zero-order chi connectivity index (χ0) is 11.5. The third-order valence-corrected chi connectivity index (χ3v) is 2.54. The molecular formula is C12H14N4. The average Bonchev–Trinajstić information content (AvgIpc) is 2.66. The highest BCUT2D eigenvalue weighted by Gasteiger charge is 1.97. The standard InChI is InChI=1S/C12H14N4/c1-9-4-5-11(8-10(9)2)14-15-12-13-6-7-16(12)3/h4-8H,1-3H3. The Bertz CT molecular complexity index is 526. The van der Waals surface area contributed by atoms with E-state index in [-0.39, 0.29) is 0 Å². The topological polar surface area (TPSA) is 42.5 Å². The van der Waals surface area contributed by atoms with E-state index in [9.17, 15) is 0 Å². The smallest absolute Gasteiger partial charge is 0.249 e. The van der Waals surface area contributed by atoms with Crippen molar-refractivity contribution in [2.24, 2.45) is 17.3 Å². The zero-order valence-corrected chi connectivity index (χ0v) is 9.68. The highest BCUT2D eigenvalue weighted by atomic mass is 15.2. The second-order valence-corrected chi connectivity index (χ2v) is 3.81. The lowest BCUT2D eigenvalue weighted by molar-refractivity contribution is 0.893. The lowest BCUT2D eigenvalue weighted by atomic mass is 10.1. The third-order valence-electron chi connectivity index (χ3n) is 2.54. The van der Waals surface area contributed by atoms with E-state index in [2.05, 4.69) is 29.1 Å². The lowest BCUT2D eigenvalue weighted by Crippen LogP contribution is -1.82. The predicted octanol–water partition coefficient (Wildman–Crippen LogP) is 3.45. The van der Waals surface area contributed by atoms with Crippen LogP contribution in [0.5, 0.6) is 0 Å². The molecule has 0 fully saturated rings. The Morgan fingerprint density at radius 2 is 1.94 bits per heavy atom. The van der Waals surface area contributed by atoms with Crippen molar-refractivity contribution in [1.82, 2.24) is 9.55 Å². The Morgan fingerprint density at radius 1 is 1.12 bits per heavy atom. The van der Waals surface area contributed by atoms with Crippen LogP contribution in [0.15, 0.2) is 40.8 Å². The highest BCUT2D eigenvalue weighted by molar-refractivity contribution is 5.43. The molecule has 0 aliphatic heterocycles. The fourth-order valence-corrected chi connectivity index (χ4v) is 1.34. The minimum absolute atomic E-state index is 0.609. The molecule has 0 saturated carbocycles. The van der Waals surface area contributed by atoms with Gasteiger partial charge < -0.3 is 4.57 Å². The van der Waals surface area contributed by atoms with Crippen LogP contribution in [-0.2, 0) is 7.05 Å². The van der Waals surface area contributed by atoms with E-state index in [0.717, 1.165) is 5.69 Å². The molecule has 0 N–H and O–H groups in total. The molecule has 1 aromatic heterocycles. The van der Waals surface area contributed by atoms with E-state index in [1.807, 2.05) is 36.0 Å². The molecule has 0 radical (unpaired) electrons. The molecule has 0 amide bonds. The highest BCUT2D eigenvalue weighted by Crippen LogP contribution is 2.19. The van der Waals surface area contributed by atoms with E-state index in [4.69, 9.17) is 0 Å². The summed E-state index contributed by atoms with van der Waals surface area (Å²) in [6.07, 6.45) is 3.55. The Morgan fingerprint density at radius 3 is 2.56 bits per heavy atom. The molecular weight excluding hydrogens is 200 g/mol. The summed E-state index contributed by atoms with van der Waals surface area (Å²) in [7, 11) is 1.89. The van der Waals surface area contributed by atoms with Crippen LogP contribution in [0.4, 0.5) is 11.6 Å². The molecule has 4 heteroatoms. The van der Waals surface area contributed by atoms with Gasteiger partial charge in [-0.25, -0.2) is 4.98 Å². The van der Waals surface area contributed by atoms with Crippen LogP contribution in [-0.4, -0.2) is 9.55 Å². The minimum atomic E-state index is 0.609. The van der Waals surface area contributed by atoms with Crippen LogP contribution >= 0.6 is 0 Å². The molecule has 1 heterocycles. The number of imidazole rings is 1. The first-order valence-corrected chi connectivity index (χ1v) is 5.13. The van der Waals surface area contributed by atoms with Gasteiger partial charge in [0.15, 0.2) is 0 Å². The van der Waals surface area contributed by atoms with Crippen molar-refractivity contribution in [3.63, 3.8) is 0 Å². The third kappa shape index (κ3) is 2.16. The van der Waals surface area contributed by atoms with Gasteiger partial charge in [0.2, 0.25) is 5.95 Å². The van der Waals surface area contributed by atoms with Gasteiger partial charge in [0.25, 0.3) is 0 Å². The van der Waals surface area contributed by atoms with Crippen LogP contribution < -0.4 is 0 Å². The van der Waals surface area contributed by atoms with Crippen molar-refractivity contribution in [3.05, 3.63) is 41.7 Å². The molecule has 0 aliphatic carbocycles. The molecule has 0 saturated heterocycles. The van der Waals surface area contributed by atoms with Crippen molar-refractivity contribution in [2.75, 3.05) is 0 Å². The largest absolute Gasteiger partial charge is 0.317 e. The molecule has 4 nitrogen and oxygen atoms in total. The van der Waals surface area contributed by atoms with Gasteiger partial charge in [0.1, 0.15) is 0 Å². The number of nitrogens with zero attached hydrogens (tertiary/aromatic N) is 4. The summed E-state index contributed by atoms with van der Waals surface area (Å²) in [5.41, 5.74) is 3.33.